The molecule has 0 radical (unpaired) electrons. The average Bonchev–Trinajstić information content (AvgIpc) is 2.87. The van der Waals surface area contributed by atoms with Crippen molar-refractivity contribution in [2.24, 2.45) is 0 Å². The number of hydrogen-bond acceptors (Lipinski definition) is 2. The van der Waals surface area contributed by atoms with Crippen LogP contribution in [-0.4, -0.2) is 18.1 Å². The smallest absolute Gasteiger partial charge is 0.268 e. The fraction of sp³-hybridized carbons (Fsp3) is 0.381. The molecule has 1 aliphatic heterocycles. The van der Waals surface area contributed by atoms with E-state index >= 15 is 0 Å². The Labute approximate surface area is 144 Å². The second-order valence-electron chi connectivity index (χ2n) is 6.86. The van der Waals surface area contributed by atoms with E-state index in [1.54, 1.807) is 0 Å². The van der Waals surface area contributed by atoms with Crippen LogP contribution in [0.3, 0.4) is 0 Å². The topological polar surface area (TPSA) is 29.5 Å². The van der Waals surface area contributed by atoms with Crippen molar-refractivity contribution < 1.29 is 9.53 Å². The second-order valence-corrected chi connectivity index (χ2v) is 6.86. The second kappa shape index (κ2) is 6.31. The molecule has 0 aliphatic carbocycles. The van der Waals surface area contributed by atoms with Crippen LogP contribution in [0, 0.1) is 20.8 Å². The van der Waals surface area contributed by atoms with E-state index in [1.807, 2.05) is 49.9 Å². The number of aryl methyl sites for hydroxylation is 2. The maximum absolute atomic E-state index is 13.0. The van der Waals surface area contributed by atoms with Gasteiger partial charge in [0.2, 0.25) is 0 Å². The zero-order valence-electron chi connectivity index (χ0n) is 15.1. The predicted molar refractivity (Wildman–Crippen MR) is 97.8 cm³/mol. The summed E-state index contributed by atoms with van der Waals surface area (Å²) in [4.78, 5) is 14.9. The molecule has 0 unspecified atom stereocenters. The predicted octanol–water partition coefficient (Wildman–Crippen LogP) is 4.36. The number of anilines is 1. The van der Waals surface area contributed by atoms with Gasteiger partial charge in [-0.25, -0.2) is 0 Å². The van der Waals surface area contributed by atoms with Gasteiger partial charge in [-0.15, -0.1) is 0 Å². The molecule has 24 heavy (non-hydrogen) atoms. The van der Waals surface area contributed by atoms with Crippen LogP contribution < -0.4 is 9.64 Å². The number of benzene rings is 2. The molecule has 3 heteroatoms. The number of carbonyl (C=O) groups excluding carboxylic acids is 1. The number of rotatable bonds is 3. The van der Waals surface area contributed by atoms with Crippen LogP contribution in [-0.2, 0) is 11.2 Å². The minimum atomic E-state index is -0.515. The van der Waals surface area contributed by atoms with Crippen LogP contribution in [0.5, 0.6) is 5.75 Å². The fourth-order valence-electron chi connectivity index (χ4n) is 3.46. The Hall–Kier alpha value is -2.29. The van der Waals surface area contributed by atoms with E-state index in [9.17, 15) is 4.79 Å². The molecule has 2 atom stereocenters. The lowest BCUT2D eigenvalue weighted by Crippen LogP contribution is -2.43. The number of nitrogens with zero attached hydrogens (tertiary/aromatic N) is 1. The third kappa shape index (κ3) is 2.91. The summed E-state index contributed by atoms with van der Waals surface area (Å²) in [5.41, 5.74) is 5.67. The highest BCUT2D eigenvalue weighted by molar-refractivity contribution is 5.99. The minimum Gasteiger partial charge on any atom is -0.481 e. The summed E-state index contributed by atoms with van der Waals surface area (Å²) < 4.78 is 6.05. The number of carbonyl (C=O) groups is 1. The van der Waals surface area contributed by atoms with Crippen LogP contribution >= 0.6 is 0 Å². The number of para-hydroxylation sites is 1. The molecular formula is C21H25NO2. The third-order valence-corrected chi connectivity index (χ3v) is 4.86. The third-order valence-electron chi connectivity index (χ3n) is 4.86. The van der Waals surface area contributed by atoms with Gasteiger partial charge in [0.1, 0.15) is 5.75 Å². The molecule has 1 aliphatic rings. The number of hydrogen-bond donors (Lipinski definition) is 0. The highest BCUT2D eigenvalue weighted by Gasteiger charge is 2.34. The molecule has 126 valence electrons. The molecular weight excluding hydrogens is 298 g/mol. The van der Waals surface area contributed by atoms with Crippen LogP contribution in [0.4, 0.5) is 5.69 Å². The first-order chi connectivity index (χ1) is 11.4. The van der Waals surface area contributed by atoms with Crippen LogP contribution in [0.2, 0.25) is 0 Å². The van der Waals surface area contributed by atoms with E-state index in [2.05, 4.69) is 26.0 Å². The molecule has 2 aromatic rings. The molecule has 2 aromatic carbocycles. The maximum atomic E-state index is 13.0. The fourth-order valence-corrected chi connectivity index (χ4v) is 3.46. The van der Waals surface area contributed by atoms with Gasteiger partial charge in [0, 0.05) is 11.7 Å². The first-order valence-corrected chi connectivity index (χ1v) is 8.54. The van der Waals surface area contributed by atoms with E-state index in [-0.39, 0.29) is 11.9 Å². The molecule has 0 saturated carbocycles. The summed E-state index contributed by atoms with van der Waals surface area (Å²) in [6.07, 6.45) is 0.385. The van der Waals surface area contributed by atoms with Crippen molar-refractivity contribution in [2.75, 3.05) is 4.90 Å². The Morgan fingerprint density at radius 1 is 1.21 bits per heavy atom. The molecule has 3 rings (SSSR count). The van der Waals surface area contributed by atoms with Gasteiger partial charge in [-0.1, -0.05) is 24.3 Å². The minimum absolute atomic E-state index is 0.0195. The van der Waals surface area contributed by atoms with Crippen molar-refractivity contribution in [3.8, 4) is 5.75 Å². The quantitative estimate of drug-likeness (QED) is 0.840. The number of fused-ring (bicyclic) bond motifs is 1. The molecule has 0 aromatic heterocycles. The highest BCUT2D eigenvalue weighted by Crippen LogP contribution is 2.33. The largest absolute Gasteiger partial charge is 0.481 e. The van der Waals surface area contributed by atoms with E-state index in [0.717, 1.165) is 29.0 Å². The van der Waals surface area contributed by atoms with Gasteiger partial charge in [0.15, 0.2) is 6.10 Å². The van der Waals surface area contributed by atoms with Gasteiger partial charge in [-0.3, -0.25) is 4.79 Å². The van der Waals surface area contributed by atoms with Crippen molar-refractivity contribution in [1.82, 2.24) is 0 Å². The Balaban J connectivity index is 1.84. The van der Waals surface area contributed by atoms with E-state index in [1.165, 1.54) is 11.1 Å². The van der Waals surface area contributed by atoms with Gasteiger partial charge < -0.3 is 9.64 Å². The Morgan fingerprint density at radius 2 is 1.92 bits per heavy atom. The normalized spacial score (nSPS) is 17.5. The molecule has 1 heterocycles. The standard InChI is InChI=1S/C21H25NO2/c1-13-10-14(2)16(4)20(11-13)24-17(5)21(23)22-15(3)12-18-8-6-7-9-19(18)22/h6-11,15,17H,12H2,1-5H3/t15-,17+/m1/s1. The van der Waals surface area contributed by atoms with Crippen molar-refractivity contribution in [3.63, 3.8) is 0 Å². The lowest BCUT2D eigenvalue weighted by atomic mass is 10.1. The van der Waals surface area contributed by atoms with Crippen LogP contribution in [0.15, 0.2) is 36.4 Å². The van der Waals surface area contributed by atoms with E-state index in [4.69, 9.17) is 4.74 Å². The summed E-state index contributed by atoms with van der Waals surface area (Å²) in [6.45, 7) is 10.1. The molecule has 1 amide bonds. The zero-order chi connectivity index (χ0) is 17.4. The molecule has 0 N–H and O–H groups in total. The van der Waals surface area contributed by atoms with Gasteiger partial charge in [0.05, 0.1) is 0 Å². The summed E-state index contributed by atoms with van der Waals surface area (Å²) in [7, 11) is 0. The van der Waals surface area contributed by atoms with E-state index < -0.39 is 6.10 Å². The monoisotopic (exact) mass is 323 g/mol. The van der Waals surface area contributed by atoms with Gasteiger partial charge in [0.25, 0.3) is 5.91 Å². The number of amides is 1. The zero-order valence-corrected chi connectivity index (χ0v) is 15.1. The van der Waals surface area contributed by atoms with Crippen molar-refractivity contribution in [2.45, 2.75) is 53.2 Å². The van der Waals surface area contributed by atoms with Crippen molar-refractivity contribution in [1.29, 1.82) is 0 Å². The van der Waals surface area contributed by atoms with E-state index in [0.29, 0.717) is 0 Å². The Morgan fingerprint density at radius 3 is 2.67 bits per heavy atom. The first kappa shape index (κ1) is 16.6. The molecule has 0 bridgehead atoms. The van der Waals surface area contributed by atoms with Gasteiger partial charge >= 0.3 is 0 Å². The number of ether oxygens (including phenoxy) is 1. The van der Waals surface area contributed by atoms with Crippen LogP contribution in [0.1, 0.15) is 36.1 Å². The van der Waals surface area contributed by atoms with Crippen molar-refractivity contribution in [3.05, 3.63) is 58.7 Å². The Kier molecular flexibility index (Phi) is 4.35. The van der Waals surface area contributed by atoms with Crippen molar-refractivity contribution >= 4 is 11.6 Å². The van der Waals surface area contributed by atoms with Crippen LogP contribution in [0.25, 0.3) is 0 Å². The Bertz CT molecular complexity index is 781. The maximum Gasteiger partial charge on any atom is 0.268 e. The lowest BCUT2D eigenvalue weighted by Gasteiger charge is -2.27. The highest BCUT2D eigenvalue weighted by atomic mass is 16.5. The van der Waals surface area contributed by atoms with Gasteiger partial charge in [-0.2, -0.15) is 0 Å². The molecule has 0 fully saturated rings. The first-order valence-electron chi connectivity index (χ1n) is 8.54. The summed E-state index contributed by atoms with van der Waals surface area (Å²) in [5, 5.41) is 0. The summed E-state index contributed by atoms with van der Waals surface area (Å²) in [5.74, 6) is 0.819. The summed E-state index contributed by atoms with van der Waals surface area (Å²) in [6, 6.07) is 12.4. The molecule has 3 nitrogen and oxygen atoms in total. The molecule has 0 spiro atoms. The van der Waals surface area contributed by atoms with Gasteiger partial charge in [-0.05, 0) is 75.4 Å². The molecule has 0 saturated heterocycles. The average molecular weight is 323 g/mol. The summed E-state index contributed by atoms with van der Waals surface area (Å²) >= 11 is 0. The lowest BCUT2D eigenvalue weighted by molar-refractivity contribution is -0.124. The SMILES string of the molecule is Cc1cc(C)c(C)c(O[C@@H](C)C(=O)N2c3ccccc3C[C@H]2C)c1.